The molecule has 0 bridgehead atoms. The molecule has 1 aromatic carbocycles. The van der Waals surface area contributed by atoms with E-state index in [4.69, 9.17) is 5.84 Å². The molecule has 1 aliphatic heterocycles. The van der Waals surface area contributed by atoms with Crippen LogP contribution in [0.4, 0.5) is 5.82 Å². The Morgan fingerprint density at radius 3 is 2.64 bits per heavy atom. The average Bonchev–Trinajstić information content (AvgIpc) is 3.09. The lowest BCUT2D eigenvalue weighted by Gasteiger charge is -2.19. The minimum atomic E-state index is -0.354. The summed E-state index contributed by atoms with van der Waals surface area (Å²) in [5.41, 5.74) is 3.74. The topological polar surface area (TPSA) is 84.1 Å². The molecule has 2 aromatic rings. The fourth-order valence-electron chi connectivity index (χ4n) is 2.68. The van der Waals surface area contributed by atoms with E-state index >= 15 is 0 Å². The van der Waals surface area contributed by atoms with Gasteiger partial charge in [0.1, 0.15) is 17.2 Å². The van der Waals surface area contributed by atoms with E-state index in [1.807, 2.05) is 30.3 Å². The van der Waals surface area contributed by atoms with Crippen molar-refractivity contribution in [1.29, 1.82) is 0 Å². The van der Waals surface area contributed by atoms with Gasteiger partial charge in [0.2, 0.25) is 0 Å². The molecule has 114 valence electrons. The number of anilines is 1. The lowest BCUT2D eigenvalue weighted by Crippen LogP contribution is -2.33. The molecular weight excluding hydrogens is 278 g/mol. The minimum Gasteiger partial charge on any atom is -0.356 e. The van der Waals surface area contributed by atoms with E-state index in [2.05, 4.69) is 20.3 Å². The number of hydrazine groups is 1. The van der Waals surface area contributed by atoms with Crippen molar-refractivity contribution in [3.8, 4) is 0 Å². The van der Waals surface area contributed by atoms with Crippen LogP contribution in [-0.2, 0) is 6.42 Å². The van der Waals surface area contributed by atoms with Gasteiger partial charge in [-0.25, -0.2) is 15.8 Å². The normalized spacial score (nSPS) is 14.1. The van der Waals surface area contributed by atoms with Crippen molar-refractivity contribution in [2.45, 2.75) is 19.3 Å². The zero-order valence-electron chi connectivity index (χ0n) is 12.3. The van der Waals surface area contributed by atoms with Gasteiger partial charge in [-0.2, -0.15) is 0 Å². The van der Waals surface area contributed by atoms with Crippen LogP contribution in [0.25, 0.3) is 0 Å². The van der Waals surface area contributed by atoms with E-state index in [1.165, 1.54) is 0 Å². The van der Waals surface area contributed by atoms with Crippen LogP contribution in [0, 0.1) is 0 Å². The van der Waals surface area contributed by atoms with Crippen molar-refractivity contribution in [2.24, 2.45) is 5.84 Å². The summed E-state index contributed by atoms with van der Waals surface area (Å²) in [4.78, 5) is 23.0. The Morgan fingerprint density at radius 1 is 1.23 bits per heavy atom. The fraction of sp³-hybridized carbons (Fsp3) is 0.312. The van der Waals surface area contributed by atoms with Gasteiger partial charge in [0.05, 0.1) is 0 Å². The maximum atomic E-state index is 11.9. The highest BCUT2D eigenvalue weighted by molar-refractivity contribution is 5.98. The number of aromatic nitrogens is 2. The number of benzene rings is 1. The summed E-state index contributed by atoms with van der Waals surface area (Å²) in [5, 5.41) is 0. The van der Waals surface area contributed by atoms with Crippen LogP contribution in [0.2, 0.25) is 0 Å². The van der Waals surface area contributed by atoms with Crippen molar-refractivity contribution in [1.82, 2.24) is 15.4 Å². The van der Waals surface area contributed by atoms with Crippen LogP contribution in [0.5, 0.6) is 0 Å². The molecule has 6 nitrogen and oxygen atoms in total. The van der Waals surface area contributed by atoms with Crippen LogP contribution in [0.15, 0.2) is 36.5 Å². The second-order valence-electron chi connectivity index (χ2n) is 5.35. The second-order valence-corrected chi connectivity index (χ2v) is 5.35. The standard InChI is InChI=1S/C16H19N5O/c17-20-16(22)13-11-18-14(10-12-6-2-1-3-7-12)19-15(13)21-8-4-5-9-21/h1-3,6-7,11H,4-5,8-10,17H2,(H,20,22). The second kappa shape index (κ2) is 6.53. The molecule has 22 heavy (non-hydrogen) atoms. The van der Waals surface area contributed by atoms with Gasteiger partial charge in [-0.3, -0.25) is 10.2 Å². The summed E-state index contributed by atoms with van der Waals surface area (Å²) in [6.07, 6.45) is 4.44. The molecule has 0 saturated carbocycles. The number of carbonyl (C=O) groups is 1. The van der Waals surface area contributed by atoms with Crippen LogP contribution < -0.4 is 16.2 Å². The molecule has 1 aromatic heterocycles. The lowest BCUT2D eigenvalue weighted by molar-refractivity contribution is 0.0953. The summed E-state index contributed by atoms with van der Waals surface area (Å²) < 4.78 is 0. The summed E-state index contributed by atoms with van der Waals surface area (Å²) in [6, 6.07) is 10.0. The molecular formula is C16H19N5O. The Hall–Kier alpha value is -2.47. The smallest absolute Gasteiger partial charge is 0.270 e. The molecule has 0 radical (unpaired) electrons. The molecule has 0 unspecified atom stereocenters. The Balaban J connectivity index is 1.92. The minimum absolute atomic E-state index is 0.354. The lowest BCUT2D eigenvalue weighted by atomic mass is 10.1. The first-order chi connectivity index (χ1) is 10.8. The number of amides is 1. The number of nitrogens with one attached hydrogen (secondary N) is 1. The predicted octanol–water partition coefficient (Wildman–Crippen LogP) is 1.27. The van der Waals surface area contributed by atoms with Crippen molar-refractivity contribution in [3.05, 3.63) is 53.5 Å². The van der Waals surface area contributed by atoms with Gasteiger partial charge in [-0.05, 0) is 18.4 Å². The first kappa shape index (κ1) is 14.5. The third kappa shape index (κ3) is 3.07. The first-order valence-electron chi connectivity index (χ1n) is 7.43. The van der Waals surface area contributed by atoms with Crippen LogP contribution in [0.3, 0.4) is 0 Å². The number of nitrogens with zero attached hydrogens (tertiary/aromatic N) is 3. The summed E-state index contributed by atoms with van der Waals surface area (Å²) in [6.45, 7) is 1.82. The highest BCUT2D eigenvalue weighted by Gasteiger charge is 2.21. The van der Waals surface area contributed by atoms with E-state index in [9.17, 15) is 4.79 Å². The van der Waals surface area contributed by atoms with E-state index in [0.717, 1.165) is 31.5 Å². The Labute approximate surface area is 129 Å². The van der Waals surface area contributed by atoms with Crippen molar-refractivity contribution < 1.29 is 4.79 Å². The molecule has 1 aliphatic rings. The zero-order valence-corrected chi connectivity index (χ0v) is 12.3. The van der Waals surface area contributed by atoms with Gasteiger partial charge in [0.25, 0.3) is 5.91 Å². The van der Waals surface area contributed by atoms with Crippen molar-refractivity contribution in [2.75, 3.05) is 18.0 Å². The van der Waals surface area contributed by atoms with E-state index < -0.39 is 0 Å². The Morgan fingerprint density at radius 2 is 1.95 bits per heavy atom. The average molecular weight is 297 g/mol. The van der Waals surface area contributed by atoms with Crippen molar-refractivity contribution >= 4 is 11.7 Å². The SMILES string of the molecule is NNC(=O)c1cnc(Cc2ccccc2)nc1N1CCCC1. The molecule has 3 N–H and O–H groups in total. The monoisotopic (exact) mass is 297 g/mol. The highest BCUT2D eigenvalue weighted by atomic mass is 16.2. The van der Waals surface area contributed by atoms with Gasteiger partial charge in [-0.15, -0.1) is 0 Å². The summed E-state index contributed by atoms with van der Waals surface area (Å²) in [7, 11) is 0. The number of nitrogen functional groups attached to an aromatic ring is 1. The highest BCUT2D eigenvalue weighted by Crippen LogP contribution is 2.22. The first-order valence-corrected chi connectivity index (χ1v) is 7.43. The molecule has 3 rings (SSSR count). The van der Waals surface area contributed by atoms with Crippen LogP contribution >= 0.6 is 0 Å². The maximum absolute atomic E-state index is 11.9. The third-order valence-electron chi connectivity index (χ3n) is 3.80. The molecule has 2 heterocycles. The molecule has 1 amide bonds. The third-order valence-corrected chi connectivity index (χ3v) is 3.80. The number of hydrogen-bond donors (Lipinski definition) is 2. The molecule has 1 saturated heterocycles. The van der Waals surface area contributed by atoms with Gasteiger partial charge in [-0.1, -0.05) is 30.3 Å². The summed E-state index contributed by atoms with van der Waals surface area (Å²) in [5.74, 6) is 6.30. The van der Waals surface area contributed by atoms with Gasteiger partial charge >= 0.3 is 0 Å². The van der Waals surface area contributed by atoms with Crippen LogP contribution in [-0.4, -0.2) is 29.0 Å². The van der Waals surface area contributed by atoms with Gasteiger partial charge < -0.3 is 4.90 Å². The molecule has 0 atom stereocenters. The number of carbonyl (C=O) groups excluding carboxylic acids is 1. The number of hydrogen-bond acceptors (Lipinski definition) is 5. The Bertz CT molecular complexity index is 653. The Kier molecular flexibility index (Phi) is 4.29. The van der Waals surface area contributed by atoms with E-state index in [-0.39, 0.29) is 5.91 Å². The van der Waals surface area contributed by atoms with E-state index in [1.54, 1.807) is 6.20 Å². The molecule has 0 aliphatic carbocycles. The summed E-state index contributed by atoms with van der Waals surface area (Å²) >= 11 is 0. The number of rotatable bonds is 4. The molecule has 0 spiro atoms. The molecule has 6 heteroatoms. The zero-order chi connectivity index (χ0) is 15.4. The quantitative estimate of drug-likeness (QED) is 0.504. The molecule has 1 fully saturated rings. The fourth-order valence-corrected chi connectivity index (χ4v) is 2.68. The van der Waals surface area contributed by atoms with Crippen LogP contribution in [0.1, 0.15) is 34.6 Å². The predicted molar refractivity (Wildman–Crippen MR) is 84.4 cm³/mol. The largest absolute Gasteiger partial charge is 0.356 e. The number of nitrogens with two attached hydrogens (primary N) is 1. The van der Waals surface area contributed by atoms with E-state index in [0.29, 0.717) is 23.6 Å². The van der Waals surface area contributed by atoms with Gasteiger partial charge in [0.15, 0.2) is 0 Å². The van der Waals surface area contributed by atoms with Crippen molar-refractivity contribution in [3.63, 3.8) is 0 Å². The van der Waals surface area contributed by atoms with Gasteiger partial charge in [0, 0.05) is 25.7 Å². The maximum Gasteiger partial charge on any atom is 0.270 e.